The van der Waals surface area contributed by atoms with E-state index in [0.717, 1.165) is 30.3 Å². The van der Waals surface area contributed by atoms with Crippen LogP contribution in [0.25, 0.3) is 0 Å². The molecule has 3 saturated heterocycles. The minimum absolute atomic E-state index is 0. The van der Waals surface area contributed by atoms with Gasteiger partial charge in [0.1, 0.15) is 11.5 Å². The zero-order chi connectivity index (χ0) is 20.3. The molecule has 1 aromatic rings. The van der Waals surface area contributed by atoms with Crippen LogP contribution >= 0.6 is 0 Å². The molecule has 0 radical (unpaired) electrons. The average Bonchev–Trinajstić information content (AvgIpc) is 3.42. The fourth-order valence-electron chi connectivity index (χ4n) is 5.83. The molecular formula is C21H31N3O5S. The van der Waals surface area contributed by atoms with Crippen LogP contribution in [0.4, 0.5) is 10.5 Å². The van der Waals surface area contributed by atoms with Crippen LogP contribution in [-0.2, 0) is 10.8 Å². The number of carbonyl (C=O) groups excluding carboxylic acids is 1. The summed E-state index contributed by atoms with van der Waals surface area (Å²) in [5.74, 6) is 3.23. The zero-order valence-electron chi connectivity index (χ0n) is 17.8. The monoisotopic (exact) mass is 437 g/mol. The van der Waals surface area contributed by atoms with Gasteiger partial charge in [0.25, 0.3) is 0 Å². The van der Waals surface area contributed by atoms with Gasteiger partial charge in [0.05, 0.1) is 26.3 Å². The van der Waals surface area contributed by atoms with Gasteiger partial charge < -0.3 is 29.6 Å². The number of hydrogen-bond donors (Lipinski definition) is 0. The number of anilines is 1. The fraction of sp³-hybridized carbons (Fsp3) is 0.667. The number of hydrogen-bond acceptors (Lipinski definition) is 5. The molecule has 4 fully saturated rings. The maximum atomic E-state index is 13.3. The van der Waals surface area contributed by atoms with Crippen molar-refractivity contribution in [3.05, 3.63) is 18.2 Å². The molecule has 30 heavy (non-hydrogen) atoms. The number of fused-ring (bicyclic) bond motifs is 2. The van der Waals surface area contributed by atoms with Crippen molar-refractivity contribution in [3.8, 4) is 11.5 Å². The van der Waals surface area contributed by atoms with E-state index in [9.17, 15) is 9.00 Å². The van der Waals surface area contributed by atoms with Crippen LogP contribution in [0.15, 0.2) is 18.2 Å². The molecule has 9 heteroatoms. The van der Waals surface area contributed by atoms with E-state index >= 15 is 0 Å². The Morgan fingerprint density at radius 2 is 1.70 bits per heavy atom. The Morgan fingerprint density at radius 1 is 1.07 bits per heavy atom. The average molecular weight is 438 g/mol. The molecule has 166 valence electrons. The first-order valence-corrected chi connectivity index (χ1v) is 11.8. The molecule has 1 aromatic carbocycles. The first kappa shape index (κ1) is 21.2. The number of urea groups is 1. The van der Waals surface area contributed by atoms with E-state index in [4.69, 9.17) is 9.47 Å². The molecule has 8 nitrogen and oxygen atoms in total. The number of rotatable bonds is 3. The Labute approximate surface area is 179 Å². The summed E-state index contributed by atoms with van der Waals surface area (Å²) >= 11 is 0. The third-order valence-electron chi connectivity index (χ3n) is 7.21. The summed E-state index contributed by atoms with van der Waals surface area (Å²) in [4.78, 5) is 19.8. The first-order chi connectivity index (χ1) is 13.9. The third-order valence-corrected chi connectivity index (χ3v) is 8.49. The molecule has 0 spiro atoms. The van der Waals surface area contributed by atoms with Gasteiger partial charge in [0.15, 0.2) is 0 Å². The summed E-state index contributed by atoms with van der Waals surface area (Å²) in [6, 6.07) is 6.72. The van der Waals surface area contributed by atoms with Crippen molar-refractivity contribution in [1.29, 1.82) is 0 Å². The van der Waals surface area contributed by atoms with Gasteiger partial charge in [-0.3, -0.25) is 4.21 Å². The molecule has 5 rings (SSSR count). The lowest BCUT2D eigenvalue weighted by Gasteiger charge is -2.41. The zero-order valence-corrected chi connectivity index (χ0v) is 18.6. The van der Waals surface area contributed by atoms with Gasteiger partial charge >= 0.3 is 6.03 Å². The second kappa shape index (κ2) is 7.60. The molecule has 1 aliphatic carbocycles. The lowest BCUT2D eigenvalue weighted by Crippen LogP contribution is -2.53. The molecule has 1 saturated carbocycles. The molecule has 3 heterocycles. The molecular weight excluding hydrogens is 406 g/mol. The second-order valence-corrected chi connectivity index (χ2v) is 10.7. The smallest absolute Gasteiger partial charge is 0.320 e. The standard InChI is InChI=1S/C21H29N3O4S.H2O/c1-21-11-14-12-23(15-8-16(27-2)10-17(9-15)28-3)18(21)19(21)24(13-14)20(25)22-4-6-29(26)7-5-22;/h8-10,14,18-19H,4-7,11-13H2,1-3H3;1H2/t14?,18-,19?,21?;/m1./s1. The van der Waals surface area contributed by atoms with E-state index in [2.05, 4.69) is 28.9 Å². The van der Waals surface area contributed by atoms with Crippen molar-refractivity contribution < 1.29 is 24.0 Å². The van der Waals surface area contributed by atoms with Crippen molar-refractivity contribution in [1.82, 2.24) is 9.80 Å². The summed E-state index contributed by atoms with van der Waals surface area (Å²) < 4.78 is 22.6. The van der Waals surface area contributed by atoms with Crippen LogP contribution in [0, 0.1) is 11.3 Å². The van der Waals surface area contributed by atoms with Gasteiger partial charge in [-0.25, -0.2) is 4.79 Å². The van der Waals surface area contributed by atoms with Crippen LogP contribution in [0.2, 0.25) is 0 Å². The quantitative estimate of drug-likeness (QED) is 0.702. The molecule has 0 aromatic heterocycles. The number of amides is 2. The molecule has 4 atom stereocenters. The summed E-state index contributed by atoms with van der Waals surface area (Å²) in [6.07, 6.45) is 1.17. The van der Waals surface area contributed by atoms with Crippen LogP contribution in [0.3, 0.4) is 0 Å². The Balaban J connectivity index is 0.00000218. The number of methoxy groups -OCH3 is 2. The highest BCUT2D eigenvalue weighted by molar-refractivity contribution is 7.85. The van der Waals surface area contributed by atoms with Crippen molar-refractivity contribution in [3.63, 3.8) is 0 Å². The van der Waals surface area contributed by atoms with Gasteiger partial charge in [-0.1, -0.05) is 6.92 Å². The maximum Gasteiger partial charge on any atom is 0.320 e. The highest BCUT2D eigenvalue weighted by Gasteiger charge is 2.72. The predicted octanol–water partition coefficient (Wildman–Crippen LogP) is 0.962. The Bertz CT molecular complexity index is 835. The summed E-state index contributed by atoms with van der Waals surface area (Å²) in [5.41, 5.74) is 1.23. The number of nitrogens with zero attached hydrogens (tertiary/aromatic N) is 3. The minimum Gasteiger partial charge on any atom is -0.497 e. The van der Waals surface area contributed by atoms with Crippen molar-refractivity contribution in [2.24, 2.45) is 11.3 Å². The minimum atomic E-state index is -0.772. The summed E-state index contributed by atoms with van der Waals surface area (Å²) in [7, 11) is 2.57. The first-order valence-electron chi connectivity index (χ1n) is 10.3. The van der Waals surface area contributed by atoms with E-state index in [1.807, 2.05) is 11.0 Å². The topological polar surface area (TPSA) is 93.8 Å². The molecule has 2 N–H and O–H groups in total. The van der Waals surface area contributed by atoms with Gasteiger partial charge in [-0.15, -0.1) is 0 Å². The van der Waals surface area contributed by atoms with Crippen LogP contribution in [0.1, 0.15) is 13.3 Å². The SMILES string of the molecule is COc1cc(OC)cc(N2CC3CN(C(=O)N4CCS(=O)CC4)C4[C@@H]2C4(C)C3)c1.O. The van der Waals surface area contributed by atoms with Crippen molar-refractivity contribution >= 4 is 22.5 Å². The van der Waals surface area contributed by atoms with E-state index in [-0.39, 0.29) is 23.0 Å². The van der Waals surface area contributed by atoms with E-state index in [0.29, 0.717) is 36.6 Å². The second-order valence-electron chi connectivity index (χ2n) is 8.96. The summed E-state index contributed by atoms with van der Waals surface area (Å²) in [5, 5.41) is 0. The lowest BCUT2D eigenvalue weighted by atomic mass is 9.85. The molecule has 4 aliphatic rings. The molecule has 2 amide bonds. The van der Waals surface area contributed by atoms with Gasteiger partial charge in [-0.2, -0.15) is 0 Å². The molecule has 2 bridgehead atoms. The van der Waals surface area contributed by atoms with Crippen molar-refractivity contribution in [2.75, 3.05) is 56.8 Å². The normalized spacial score (nSPS) is 32.4. The van der Waals surface area contributed by atoms with Crippen molar-refractivity contribution in [2.45, 2.75) is 25.4 Å². The third kappa shape index (κ3) is 3.22. The Kier molecular flexibility index (Phi) is 5.38. The van der Waals surface area contributed by atoms with Gasteiger partial charge in [-0.05, 0) is 12.3 Å². The molecule has 3 unspecified atom stereocenters. The number of likely N-dealkylation sites (tertiary alicyclic amines) is 1. The predicted molar refractivity (Wildman–Crippen MR) is 116 cm³/mol. The largest absolute Gasteiger partial charge is 0.497 e. The highest BCUT2D eigenvalue weighted by atomic mass is 32.2. The van der Waals surface area contributed by atoms with Crippen LogP contribution in [-0.4, -0.2) is 89.5 Å². The lowest BCUT2D eigenvalue weighted by molar-refractivity contribution is 0.113. The Morgan fingerprint density at radius 3 is 2.30 bits per heavy atom. The highest BCUT2D eigenvalue weighted by Crippen LogP contribution is 2.63. The summed E-state index contributed by atoms with van der Waals surface area (Å²) in [6.45, 7) is 5.30. The number of benzene rings is 1. The van der Waals surface area contributed by atoms with Gasteiger partial charge in [0.2, 0.25) is 0 Å². The number of carbonyl (C=O) groups is 1. The maximum absolute atomic E-state index is 13.3. The van der Waals surface area contributed by atoms with Crippen LogP contribution < -0.4 is 14.4 Å². The Hall–Kier alpha value is -2.00. The van der Waals surface area contributed by atoms with E-state index < -0.39 is 10.8 Å². The fourth-order valence-corrected chi connectivity index (χ4v) is 6.89. The van der Waals surface area contributed by atoms with Gasteiger partial charge in [0, 0.05) is 77.8 Å². The van der Waals surface area contributed by atoms with E-state index in [1.165, 1.54) is 6.42 Å². The molecule has 3 aliphatic heterocycles. The number of ether oxygens (including phenoxy) is 2. The van der Waals surface area contributed by atoms with E-state index in [1.54, 1.807) is 14.2 Å². The van der Waals surface area contributed by atoms with Crippen LogP contribution in [0.5, 0.6) is 11.5 Å². The number of piperidine rings is 2.